The van der Waals surface area contributed by atoms with Gasteiger partial charge in [-0.25, -0.2) is 0 Å². The second kappa shape index (κ2) is 6.27. The summed E-state index contributed by atoms with van der Waals surface area (Å²) in [7, 11) is 0. The van der Waals surface area contributed by atoms with Gasteiger partial charge in [-0.1, -0.05) is 6.07 Å². The predicted molar refractivity (Wildman–Crippen MR) is 77.8 cm³/mol. The lowest BCUT2D eigenvalue weighted by atomic mass is 10.1. The SMILES string of the molecule is Cc1cc(C)cc(OCCC(=O)NCC2(CO)CC2)c1. The summed E-state index contributed by atoms with van der Waals surface area (Å²) >= 11 is 0. The van der Waals surface area contributed by atoms with E-state index in [2.05, 4.69) is 11.4 Å². The Hall–Kier alpha value is -1.55. The summed E-state index contributed by atoms with van der Waals surface area (Å²) < 4.78 is 5.60. The summed E-state index contributed by atoms with van der Waals surface area (Å²) in [6.07, 6.45) is 2.35. The van der Waals surface area contributed by atoms with E-state index in [1.54, 1.807) is 0 Å². The molecule has 0 spiro atoms. The van der Waals surface area contributed by atoms with Crippen molar-refractivity contribution in [1.82, 2.24) is 5.32 Å². The van der Waals surface area contributed by atoms with Crippen LogP contribution in [0.1, 0.15) is 30.4 Å². The van der Waals surface area contributed by atoms with E-state index >= 15 is 0 Å². The molecule has 0 saturated heterocycles. The van der Waals surface area contributed by atoms with Gasteiger partial charge in [0.15, 0.2) is 0 Å². The summed E-state index contributed by atoms with van der Waals surface area (Å²) in [5, 5.41) is 12.0. The minimum atomic E-state index is -0.0375. The average Bonchev–Trinajstić information content (AvgIpc) is 3.16. The van der Waals surface area contributed by atoms with Crippen molar-refractivity contribution in [2.45, 2.75) is 33.1 Å². The lowest BCUT2D eigenvalue weighted by Crippen LogP contribution is -2.32. The molecule has 1 saturated carbocycles. The van der Waals surface area contributed by atoms with Crippen molar-refractivity contribution in [3.8, 4) is 5.75 Å². The Kier molecular flexibility index (Phi) is 4.65. The minimum Gasteiger partial charge on any atom is -0.493 e. The third-order valence-corrected chi connectivity index (χ3v) is 3.75. The molecule has 2 rings (SSSR count). The highest BCUT2D eigenvalue weighted by Gasteiger charge is 2.41. The van der Waals surface area contributed by atoms with Gasteiger partial charge in [0.05, 0.1) is 19.6 Å². The highest BCUT2D eigenvalue weighted by Crippen LogP contribution is 2.44. The molecule has 0 unspecified atom stereocenters. The molecule has 20 heavy (non-hydrogen) atoms. The van der Waals surface area contributed by atoms with Crippen LogP contribution < -0.4 is 10.1 Å². The third-order valence-electron chi connectivity index (χ3n) is 3.75. The third kappa shape index (κ3) is 4.23. The van der Waals surface area contributed by atoms with Gasteiger partial charge in [-0.05, 0) is 49.9 Å². The summed E-state index contributed by atoms with van der Waals surface area (Å²) in [4.78, 5) is 11.7. The molecule has 110 valence electrons. The maximum Gasteiger partial charge on any atom is 0.223 e. The maximum absolute atomic E-state index is 11.7. The van der Waals surface area contributed by atoms with Crippen molar-refractivity contribution in [3.63, 3.8) is 0 Å². The van der Waals surface area contributed by atoms with E-state index in [1.165, 1.54) is 0 Å². The fourth-order valence-electron chi connectivity index (χ4n) is 2.22. The van der Waals surface area contributed by atoms with Crippen LogP contribution in [0.2, 0.25) is 0 Å². The molecule has 1 amide bonds. The molecule has 2 N–H and O–H groups in total. The van der Waals surface area contributed by atoms with E-state index in [0.29, 0.717) is 19.6 Å². The lowest BCUT2D eigenvalue weighted by Gasteiger charge is -2.13. The molecule has 0 aromatic heterocycles. The summed E-state index contributed by atoms with van der Waals surface area (Å²) in [6.45, 7) is 5.16. The van der Waals surface area contributed by atoms with Crippen LogP contribution in [0.3, 0.4) is 0 Å². The zero-order chi connectivity index (χ0) is 14.6. The quantitative estimate of drug-likeness (QED) is 0.801. The first-order chi connectivity index (χ1) is 9.53. The molecule has 0 aliphatic heterocycles. The smallest absolute Gasteiger partial charge is 0.223 e. The minimum absolute atomic E-state index is 0.0194. The van der Waals surface area contributed by atoms with Crippen LogP contribution in [0, 0.1) is 19.3 Å². The van der Waals surface area contributed by atoms with Gasteiger partial charge < -0.3 is 15.2 Å². The largest absolute Gasteiger partial charge is 0.493 e. The number of hydrogen-bond donors (Lipinski definition) is 2. The number of hydrogen-bond acceptors (Lipinski definition) is 3. The van der Waals surface area contributed by atoms with Crippen molar-refractivity contribution in [2.24, 2.45) is 5.41 Å². The molecule has 0 radical (unpaired) electrons. The van der Waals surface area contributed by atoms with E-state index in [4.69, 9.17) is 4.74 Å². The zero-order valence-electron chi connectivity index (χ0n) is 12.2. The first kappa shape index (κ1) is 14.9. The molecule has 1 aliphatic carbocycles. The molecule has 0 bridgehead atoms. The Morgan fingerprint density at radius 1 is 1.30 bits per heavy atom. The molecule has 1 aromatic carbocycles. The van der Waals surface area contributed by atoms with E-state index < -0.39 is 0 Å². The van der Waals surface area contributed by atoms with Crippen LogP contribution in [0.4, 0.5) is 0 Å². The Morgan fingerprint density at radius 2 is 1.95 bits per heavy atom. The molecular formula is C16H23NO3. The molecular weight excluding hydrogens is 254 g/mol. The van der Waals surface area contributed by atoms with Crippen LogP contribution in [0.25, 0.3) is 0 Å². The molecule has 0 heterocycles. The van der Waals surface area contributed by atoms with E-state index in [0.717, 1.165) is 29.7 Å². The Balaban J connectivity index is 1.68. The van der Waals surface area contributed by atoms with Crippen LogP contribution >= 0.6 is 0 Å². The number of aliphatic hydroxyl groups excluding tert-OH is 1. The lowest BCUT2D eigenvalue weighted by molar-refractivity contribution is -0.121. The molecule has 0 atom stereocenters. The summed E-state index contributed by atoms with van der Waals surface area (Å²) in [6, 6.07) is 6.02. The van der Waals surface area contributed by atoms with Gasteiger partial charge in [-0.15, -0.1) is 0 Å². The second-order valence-corrected chi connectivity index (χ2v) is 5.86. The first-order valence-electron chi connectivity index (χ1n) is 7.12. The topological polar surface area (TPSA) is 58.6 Å². The van der Waals surface area contributed by atoms with Gasteiger partial charge in [0, 0.05) is 12.0 Å². The zero-order valence-corrected chi connectivity index (χ0v) is 12.2. The van der Waals surface area contributed by atoms with Gasteiger partial charge in [0.25, 0.3) is 0 Å². The second-order valence-electron chi connectivity index (χ2n) is 5.86. The fourth-order valence-corrected chi connectivity index (χ4v) is 2.22. The Labute approximate surface area is 120 Å². The van der Waals surface area contributed by atoms with Crippen molar-refractivity contribution >= 4 is 5.91 Å². The molecule has 4 nitrogen and oxygen atoms in total. The van der Waals surface area contributed by atoms with E-state index in [-0.39, 0.29) is 17.9 Å². The van der Waals surface area contributed by atoms with Crippen molar-refractivity contribution < 1.29 is 14.6 Å². The monoisotopic (exact) mass is 277 g/mol. The number of nitrogens with one attached hydrogen (secondary N) is 1. The molecule has 4 heteroatoms. The Morgan fingerprint density at radius 3 is 2.50 bits per heavy atom. The number of benzene rings is 1. The number of aryl methyl sites for hydroxylation is 2. The number of carbonyl (C=O) groups excluding carboxylic acids is 1. The highest BCUT2D eigenvalue weighted by molar-refractivity contribution is 5.76. The summed E-state index contributed by atoms with van der Waals surface area (Å²) in [5.41, 5.74) is 2.27. The summed E-state index contributed by atoms with van der Waals surface area (Å²) in [5.74, 6) is 0.790. The molecule has 1 aromatic rings. The van der Waals surface area contributed by atoms with E-state index in [1.807, 2.05) is 26.0 Å². The van der Waals surface area contributed by atoms with Gasteiger partial charge >= 0.3 is 0 Å². The normalized spacial score (nSPS) is 15.8. The van der Waals surface area contributed by atoms with Gasteiger partial charge in [0.2, 0.25) is 5.91 Å². The van der Waals surface area contributed by atoms with Gasteiger partial charge in [-0.2, -0.15) is 0 Å². The Bertz CT molecular complexity index is 460. The standard InChI is InChI=1S/C16H23NO3/c1-12-7-13(2)9-14(8-12)20-6-3-15(19)17-10-16(11-18)4-5-16/h7-9,18H,3-6,10-11H2,1-2H3,(H,17,19). The molecule has 1 aliphatic rings. The van der Waals surface area contributed by atoms with E-state index in [9.17, 15) is 9.90 Å². The van der Waals surface area contributed by atoms with Crippen LogP contribution in [-0.2, 0) is 4.79 Å². The molecule has 1 fully saturated rings. The van der Waals surface area contributed by atoms with Crippen LogP contribution in [0.5, 0.6) is 5.75 Å². The predicted octanol–water partition coefficient (Wildman–Crippen LogP) is 1.96. The number of rotatable bonds is 7. The average molecular weight is 277 g/mol. The number of carbonyl (C=O) groups is 1. The van der Waals surface area contributed by atoms with Crippen molar-refractivity contribution in [3.05, 3.63) is 29.3 Å². The number of ether oxygens (including phenoxy) is 1. The first-order valence-corrected chi connectivity index (χ1v) is 7.12. The van der Waals surface area contributed by atoms with Crippen molar-refractivity contribution in [2.75, 3.05) is 19.8 Å². The maximum atomic E-state index is 11.7. The number of aliphatic hydroxyl groups is 1. The van der Waals surface area contributed by atoms with Gasteiger partial charge in [-0.3, -0.25) is 4.79 Å². The van der Waals surface area contributed by atoms with Crippen LogP contribution in [0.15, 0.2) is 18.2 Å². The number of amides is 1. The van der Waals surface area contributed by atoms with Gasteiger partial charge in [0.1, 0.15) is 5.75 Å². The highest BCUT2D eigenvalue weighted by atomic mass is 16.5. The fraction of sp³-hybridized carbons (Fsp3) is 0.562. The van der Waals surface area contributed by atoms with Crippen molar-refractivity contribution in [1.29, 1.82) is 0 Å². The van der Waals surface area contributed by atoms with Crippen LogP contribution in [-0.4, -0.2) is 30.8 Å².